The first-order valence-electron chi connectivity index (χ1n) is 6.81. The van der Waals surface area contributed by atoms with Gasteiger partial charge in [-0.05, 0) is 37.0 Å². The lowest BCUT2D eigenvalue weighted by molar-refractivity contribution is -0.129. The van der Waals surface area contributed by atoms with Gasteiger partial charge in [0.15, 0.2) is 0 Å². The summed E-state index contributed by atoms with van der Waals surface area (Å²) in [5.41, 5.74) is 7.61. The Bertz CT molecular complexity index is 401. The van der Waals surface area contributed by atoms with Crippen molar-refractivity contribution in [3.63, 3.8) is 0 Å². The van der Waals surface area contributed by atoms with Crippen LogP contribution in [0.1, 0.15) is 38.2 Å². The van der Waals surface area contributed by atoms with Gasteiger partial charge in [0.05, 0.1) is 5.41 Å². The van der Waals surface area contributed by atoms with Crippen molar-refractivity contribution in [3.05, 3.63) is 29.8 Å². The van der Waals surface area contributed by atoms with Crippen molar-refractivity contribution >= 4 is 11.6 Å². The summed E-state index contributed by atoms with van der Waals surface area (Å²) >= 11 is 0. The fourth-order valence-corrected chi connectivity index (χ4v) is 2.43. The van der Waals surface area contributed by atoms with Gasteiger partial charge in [-0.3, -0.25) is 4.79 Å². The predicted octanol–water partition coefficient (Wildman–Crippen LogP) is 2.71. The molecule has 2 rings (SSSR count). The molecule has 0 spiro atoms. The maximum Gasteiger partial charge on any atom is 0.231 e. The molecule has 1 saturated carbocycles. The second kappa shape index (κ2) is 5.53. The lowest BCUT2D eigenvalue weighted by Gasteiger charge is -2.39. The Labute approximate surface area is 109 Å². The Morgan fingerprint density at radius 3 is 2.44 bits per heavy atom. The van der Waals surface area contributed by atoms with E-state index in [0.717, 1.165) is 37.8 Å². The number of rotatable bonds is 5. The molecular weight excluding hydrogens is 224 g/mol. The van der Waals surface area contributed by atoms with Gasteiger partial charge in [-0.15, -0.1) is 0 Å². The Morgan fingerprint density at radius 1 is 1.33 bits per heavy atom. The van der Waals surface area contributed by atoms with Gasteiger partial charge >= 0.3 is 0 Å². The van der Waals surface area contributed by atoms with E-state index < -0.39 is 0 Å². The molecule has 0 radical (unpaired) electrons. The topological polar surface area (TPSA) is 55.1 Å². The minimum atomic E-state index is -0.303. The zero-order chi connectivity index (χ0) is 13.0. The molecular formula is C15H22N2O. The van der Waals surface area contributed by atoms with Crippen molar-refractivity contribution < 1.29 is 4.79 Å². The molecule has 18 heavy (non-hydrogen) atoms. The van der Waals surface area contributed by atoms with E-state index in [4.69, 9.17) is 5.73 Å². The van der Waals surface area contributed by atoms with E-state index in [9.17, 15) is 4.79 Å². The highest BCUT2D eigenvalue weighted by molar-refractivity contribution is 5.96. The quantitative estimate of drug-likeness (QED) is 0.839. The number of nitrogens with two attached hydrogens (primary N) is 1. The molecule has 1 amide bonds. The second-order valence-corrected chi connectivity index (χ2v) is 5.24. The van der Waals surface area contributed by atoms with E-state index >= 15 is 0 Å². The van der Waals surface area contributed by atoms with Gasteiger partial charge < -0.3 is 11.1 Å². The molecule has 1 aromatic carbocycles. The van der Waals surface area contributed by atoms with Crippen LogP contribution in [0.15, 0.2) is 24.3 Å². The fraction of sp³-hybridized carbons (Fsp3) is 0.533. The van der Waals surface area contributed by atoms with Crippen LogP contribution in [-0.4, -0.2) is 12.5 Å². The molecule has 1 aliphatic carbocycles. The fourth-order valence-electron chi connectivity index (χ4n) is 2.43. The first-order valence-corrected chi connectivity index (χ1v) is 6.81. The molecule has 0 atom stereocenters. The van der Waals surface area contributed by atoms with E-state index in [2.05, 4.69) is 24.4 Å². The first-order chi connectivity index (χ1) is 8.70. The molecule has 1 aliphatic rings. The van der Waals surface area contributed by atoms with Crippen LogP contribution < -0.4 is 11.1 Å². The summed E-state index contributed by atoms with van der Waals surface area (Å²) in [5, 5.41) is 2.99. The smallest absolute Gasteiger partial charge is 0.231 e. The minimum Gasteiger partial charge on any atom is -0.329 e. The molecule has 3 heteroatoms. The zero-order valence-corrected chi connectivity index (χ0v) is 11.0. The maximum absolute atomic E-state index is 12.2. The molecule has 98 valence electrons. The van der Waals surface area contributed by atoms with E-state index in [0.29, 0.717) is 6.54 Å². The molecule has 0 saturated heterocycles. The summed E-state index contributed by atoms with van der Waals surface area (Å²) in [6, 6.07) is 8.11. The summed E-state index contributed by atoms with van der Waals surface area (Å²) in [4.78, 5) is 12.2. The van der Waals surface area contributed by atoms with Crippen LogP contribution in [0.25, 0.3) is 0 Å². The Hall–Kier alpha value is -1.35. The van der Waals surface area contributed by atoms with Crippen molar-refractivity contribution in [1.82, 2.24) is 0 Å². The number of anilines is 1. The normalized spacial score (nSPS) is 17.0. The standard InChI is InChI=1S/C15H22N2O/c1-2-4-12-5-7-13(8-6-12)17-14(18)15(11-16)9-3-10-15/h5-8H,2-4,9-11,16H2,1H3,(H,17,18). The number of aryl methyl sites for hydroxylation is 1. The van der Waals surface area contributed by atoms with Gasteiger partial charge in [0.2, 0.25) is 5.91 Å². The minimum absolute atomic E-state index is 0.0829. The summed E-state index contributed by atoms with van der Waals surface area (Å²) < 4.78 is 0. The SMILES string of the molecule is CCCc1ccc(NC(=O)C2(CN)CCC2)cc1. The zero-order valence-electron chi connectivity index (χ0n) is 11.0. The van der Waals surface area contributed by atoms with Gasteiger partial charge in [0.25, 0.3) is 0 Å². The van der Waals surface area contributed by atoms with Crippen LogP contribution in [0, 0.1) is 5.41 Å². The van der Waals surface area contributed by atoms with Crippen LogP contribution in [-0.2, 0) is 11.2 Å². The van der Waals surface area contributed by atoms with Crippen LogP contribution in [0.5, 0.6) is 0 Å². The van der Waals surface area contributed by atoms with E-state index in [1.54, 1.807) is 0 Å². The Balaban J connectivity index is 1.98. The van der Waals surface area contributed by atoms with E-state index in [1.165, 1.54) is 5.56 Å². The monoisotopic (exact) mass is 246 g/mol. The molecule has 0 heterocycles. The van der Waals surface area contributed by atoms with Crippen LogP contribution in [0.2, 0.25) is 0 Å². The van der Waals surface area contributed by atoms with Crippen molar-refractivity contribution in [1.29, 1.82) is 0 Å². The van der Waals surface area contributed by atoms with Crippen molar-refractivity contribution in [3.8, 4) is 0 Å². The largest absolute Gasteiger partial charge is 0.329 e. The number of amides is 1. The third kappa shape index (κ3) is 2.56. The molecule has 3 N–H and O–H groups in total. The average Bonchev–Trinajstić information content (AvgIpc) is 2.31. The summed E-state index contributed by atoms with van der Waals surface area (Å²) in [6.45, 7) is 2.62. The molecule has 0 bridgehead atoms. The predicted molar refractivity (Wildman–Crippen MR) is 74.4 cm³/mol. The third-order valence-electron chi connectivity index (χ3n) is 3.93. The van der Waals surface area contributed by atoms with Crippen LogP contribution in [0.4, 0.5) is 5.69 Å². The van der Waals surface area contributed by atoms with Crippen molar-refractivity contribution in [2.75, 3.05) is 11.9 Å². The van der Waals surface area contributed by atoms with Gasteiger partial charge in [-0.2, -0.15) is 0 Å². The van der Waals surface area contributed by atoms with E-state index in [1.807, 2.05) is 12.1 Å². The second-order valence-electron chi connectivity index (χ2n) is 5.24. The number of carbonyl (C=O) groups is 1. The lowest BCUT2D eigenvalue weighted by Crippen LogP contribution is -2.47. The highest BCUT2D eigenvalue weighted by Crippen LogP contribution is 2.40. The summed E-state index contributed by atoms with van der Waals surface area (Å²) in [5.74, 6) is 0.0829. The number of hydrogen-bond donors (Lipinski definition) is 2. The Kier molecular flexibility index (Phi) is 4.02. The summed E-state index contributed by atoms with van der Waals surface area (Å²) in [7, 11) is 0. The van der Waals surface area contributed by atoms with Crippen molar-refractivity contribution in [2.45, 2.75) is 39.0 Å². The first kappa shape index (κ1) is 13.1. The average molecular weight is 246 g/mol. The number of hydrogen-bond acceptors (Lipinski definition) is 2. The molecule has 0 aliphatic heterocycles. The number of nitrogens with one attached hydrogen (secondary N) is 1. The molecule has 3 nitrogen and oxygen atoms in total. The summed E-state index contributed by atoms with van der Waals surface area (Å²) in [6.07, 6.45) is 5.18. The molecule has 0 unspecified atom stereocenters. The number of benzene rings is 1. The van der Waals surface area contributed by atoms with Gasteiger partial charge in [0.1, 0.15) is 0 Å². The Morgan fingerprint density at radius 2 is 2.00 bits per heavy atom. The van der Waals surface area contributed by atoms with Gasteiger partial charge in [-0.25, -0.2) is 0 Å². The van der Waals surface area contributed by atoms with E-state index in [-0.39, 0.29) is 11.3 Å². The highest BCUT2D eigenvalue weighted by Gasteiger charge is 2.42. The molecule has 1 aromatic rings. The van der Waals surface area contributed by atoms with Gasteiger partial charge in [0, 0.05) is 12.2 Å². The van der Waals surface area contributed by atoms with Gasteiger partial charge in [-0.1, -0.05) is 31.9 Å². The highest BCUT2D eigenvalue weighted by atomic mass is 16.2. The molecule has 0 aromatic heterocycles. The van der Waals surface area contributed by atoms with Crippen LogP contribution >= 0.6 is 0 Å². The van der Waals surface area contributed by atoms with Crippen LogP contribution in [0.3, 0.4) is 0 Å². The molecule has 1 fully saturated rings. The van der Waals surface area contributed by atoms with Crippen molar-refractivity contribution in [2.24, 2.45) is 11.1 Å². The lowest BCUT2D eigenvalue weighted by atomic mass is 9.68. The third-order valence-corrected chi connectivity index (χ3v) is 3.93. The number of carbonyl (C=O) groups excluding carboxylic acids is 1. The maximum atomic E-state index is 12.2.